The van der Waals surface area contributed by atoms with Crippen molar-refractivity contribution in [1.29, 1.82) is 0 Å². The number of benzene rings is 2. The molecule has 2 N–H and O–H groups in total. The van der Waals surface area contributed by atoms with Crippen LogP contribution in [0.4, 0.5) is 4.79 Å². The Kier molecular flexibility index (Phi) is 5.52. The van der Waals surface area contributed by atoms with Crippen LogP contribution in [0.2, 0.25) is 0 Å². The first-order valence-electron chi connectivity index (χ1n) is 10.5. The van der Waals surface area contributed by atoms with Gasteiger partial charge in [0.15, 0.2) is 0 Å². The Bertz CT molecular complexity index is 924. The van der Waals surface area contributed by atoms with Crippen LogP contribution in [0.15, 0.2) is 48.5 Å². The van der Waals surface area contributed by atoms with E-state index in [9.17, 15) is 14.7 Å². The Morgan fingerprint density at radius 2 is 1.70 bits per heavy atom. The predicted molar refractivity (Wildman–Crippen MR) is 116 cm³/mol. The molecule has 4 rings (SSSR count). The number of aliphatic hydroxyl groups excluding tert-OH is 1. The third-order valence-corrected chi connectivity index (χ3v) is 6.13. The molecule has 0 aliphatic carbocycles. The molecule has 2 saturated heterocycles. The van der Waals surface area contributed by atoms with Gasteiger partial charge in [-0.1, -0.05) is 54.1 Å². The van der Waals surface area contributed by atoms with Gasteiger partial charge in [-0.3, -0.25) is 4.79 Å². The summed E-state index contributed by atoms with van der Waals surface area (Å²) in [5.74, 6) is -0.0857. The van der Waals surface area contributed by atoms with Crippen molar-refractivity contribution in [1.82, 2.24) is 15.1 Å². The van der Waals surface area contributed by atoms with Crippen LogP contribution in [-0.4, -0.2) is 64.7 Å². The Morgan fingerprint density at radius 3 is 2.27 bits per heavy atom. The zero-order chi connectivity index (χ0) is 21.4. The molecule has 2 heterocycles. The zero-order valence-corrected chi connectivity index (χ0v) is 17.7. The van der Waals surface area contributed by atoms with Gasteiger partial charge in [-0.2, -0.15) is 0 Å². The minimum absolute atomic E-state index is 0.0145. The van der Waals surface area contributed by atoms with E-state index in [0.717, 1.165) is 16.7 Å². The Hall–Kier alpha value is -2.86. The van der Waals surface area contributed by atoms with Crippen LogP contribution in [-0.2, 0) is 4.79 Å². The van der Waals surface area contributed by atoms with E-state index in [-0.39, 0.29) is 49.1 Å². The highest BCUT2D eigenvalue weighted by molar-refractivity contribution is 5.87. The molecule has 6 nitrogen and oxygen atoms in total. The lowest BCUT2D eigenvalue weighted by molar-refractivity contribution is -0.159. The quantitative estimate of drug-likeness (QED) is 0.819. The van der Waals surface area contributed by atoms with Crippen molar-refractivity contribution in [2.24, 2.45) is 0 Å². The van der Waals surface area contributed by atoms with E-state index in [1.807, 2.05) is 13.8 Å². The largest absolute Gasteiger partial charge is 0.394 e. The van der Waals surface area contributed by atoms with Crippen LogP contribution in [0.3, 0.4) is 0 Å². The number of urea groups is 1. The van der Waals surface area contributed by atoms with Gasteiger partial charge in [-0.05, 0) is 37.5 Å². The fraction of sp³-hybridized carbons (Fsp3) is 0.417. The van der Waals surface area contributed by atoms with Crippen molar-refractivity contribution >= 4 is 11.9 Å². The highest BCUT2D eigenvalue weighted by atomic mass is 16.3. The van der Waals surface area contributed by atoms with E-state index in [1.165, 1.54) is 5.56 Å². The van der Waals surface area contributed by atoms with Crippen molar-refractivity contribution in [3.63, 3.8) is 0 Å². The van der Waals surface area contributed by atoms with Crippen molar-refractivity contribution in [2.75, 3.05) is 19.7 Å². The first-order valence-corrected chi connectivity index (χ1v) is 10.5. The molecule has 2 aromatic rings. The summed E-state index contributed by atoms with van der Waals surface area (Å²) in [7, 11) is 0. The van der Waals surface area contributed by atoms with Crippen LogP contribution in [0.25, 0.3) is 11.1 Å². The smallest absolute Gasteiger partial charge is 0.318 e. The molecule has 2 aliphatic heterocycles. The maximum absolute atomic E-state index is 12.7. The molecule has 2 aliphatic rings. The number of carbonyl (C=O) groups excluding carboxylic acids is 2. The second kappa shape index (κ2) is 8.11. The number of piperazine rings is 1. The maximum Gasteiger partial charge on any atom is 0.318 e. The summed E-state index contributed by atoms with van der Waals surface area (Å²) in [4.78, 5) is 28.5. The van der Waals surface area contributed by atoms with Crippen LogP contribution in [0, 0.1) is 6.92 Å². The number of carbonyl (C=O) groups is 2. The molecule has 0 unspecified atom stereocenters. The predicted octanol–water partition coefficient (Wildman–Crippen LogP) is 2.75. The minimum atomic E-state index is -0.233. The van der Waals surface area contributed by atoms with Crippen LogP contribution in [0.1, 0.15) is 30.9 Å². The lowest BCUT2D eigenvalue weighted by Gasteiger charge is -2.58. The molecular formula is C24H29N3O3. The second-order valence-electron chi connectivity index (χ2n) is 8.62. The average Bonchev–Trinajstić information content (AvgIpc) is 2.70. The van der Waals surface area contributed by atoms with E-state index >= 15 is 0 Å². The Labute approximate surface area is 177 Å². The van der Waals surface area contributed by atoms with Gasteiger partial charge in [0, 0.05) is 18.5 Å². The second-order valence-corrected chi connectivity index (χ2v) is 8.62. The van der Waals surface area contributed by atoms with Crippen molar-refractivity contribution in [3.05, 3.63) is 59.7 Å². The maximum atomic E-state index is 12.7. The molecule has 0 saturated carbocycles. The summed E-state index contributed by atoms with van der Waals surface area (Å²) < 4.78 is 0. The number of nitrogens with zero attached hydrogens (tertiary/aromatic N) is 2. The van der Waals surface area contributed by atoms with E-state index < -0.39 is 0 Å². The van der Waals surface area contributed by atoms with Gasteiger partial charge in [0.1, 0.15) is 6.54 Å². The number of aryl methyl sites for hydroxylation is 1. The van der Waals surface area contributed by atoms with Crippen LogP contribution < -0.4 is 5.32 Å². The van der Waals surface area contributed by atoms with Gasteiger partial charge < -0.3 is 20.2 Å². The van der Waals surface area contributed by atoms with Crippen molar-refractivity contribution in [2.45, 2.75) is 44.8 Å². The third-order valence-electron chi connectivity index (χ3n) is 6.13. The topological polar surface area (TPSA) is 72.9 Å². The summed E-state index contributed by atoms with van der Waals surface area (Å²) in [5, 5.41) is 12.8. The molecule has 0 spiro atoms. The molecule has 6 heteroatoms. The van der Waals surface area contributed by atoms with Gasteiger partial charge in [-0.25, -0.2) is 4.79 Å². The molecule has 0 bridgehead atoms. The van der Waals surface area contributed by atoms with E-state index in [0.29, 0.717) is 6.54 Å². The molecule has 3 atom stereocenters. The monoisotopic (exact) mass is 407 g/mol. The van der Waals surface area contributed by atoms with Crippen LogP contribution >= 0.6 is 0 Å². The van der Waals surface area contributed by atoms with Gasteiger partial charge >= 0.3 is 6.03 Å². The number of fused-ring (bicyclic) bond motifs is 1. The number of amides is 3. The summed E-state index contributed by atoms with van der Waals surface area (Å²) in [6.45, 7) is 6.33. The van der Waals surface area contributed by atoms with Crippen LogP contribution in [0.5, 0.6) is 0 Å². The normalized spacial score (nSPS) is 23.2. The molecule has 2 aromatic carbocycles. The minimum Gasteiger partial charge on any atom is -0.394 e. The first-order chi connectivity index (χ1) is 14.4. The fourth-order valence-electron chi connectivity index (χ4n) is 4.64. The number of hydrogen-bond donors (Lipinski definition) is 2. The van der Waals surface area contributed by atoms with Crippen molar-refractivity contribution < 1.29 is 14.7 Å². The average molecular weight is 408 g/mol. The van der Waals surface area contributed by atoms with Crippen molar-refractivity contribution in [3.8, 4) is 11.1 Å². The Balaban J connectivity index is 1.54. The lowest BCUT2D eigenvalue weighted by Crippen LogP contribution is -2.74. The van der Waals surface area contributed by atoms with Gasteiger partial charge in [0.05, 0.1) is 18.7 Å². The molecule has 30 heavy (non-hydrogen) atoms. The zero-order valence-electron chi connectivity index (χ0n) is 17.7. The summed E-state index contributed by atoms with van der Waals surface area (Å²) >= 11 is 0. The number of hydrogen-bond acceptors (Lipinski definition) is 3. The number of rotatable bonds is 4. The van der Waals surface area contributed by atoms with Gasteiger partial charge in [0.2, 0.25) is 5.91 Å². The summed E-state index contributed by atoms with van der Waals surface area (Å²) in [6, 6.07) is 16.2. The fourth-order valence-corrected chi connectivity index (χ4v) is 4.64. The molecule has 0 radical (unpaired) electrons. The molecule has 0 aromatic heterocycles. The highest BCUT2D eigenvalue weighted by Crippen LogP contribution is 2.43. The molecular weight excluding hydrogens is 378 g/mol. The number of aliphatic hydroxyl groups is 1. The summed E-state index contributed by atoms with van der Waals surface area (Å²) in [6.07, 6.45) is 0. The third kappa shape index (κ3) is 3.67. The van der Waals surface area contributed by atoms with Gasteiger partial charge in [-0.15, -0.1) is 0 Å². The molecule has 2 fully saturated rings. The molecule has 3 amide bonds. The standard InChI is InChI=1S/C24H29N3O3/c1-15(2)25-24(30)26-12-20-23(21(14-28)27(20)22(29)13-26)19-10-8-18(9-11-19)17-6-4-16(3)5-7-17/h4-11,15,20-21,23,28H,12-14H2,1-3H3,(H,25,30)/t20-,21+,23+/m0/s1. The SMILES string of the molecule is Cc1ccc(-c2ccc([C@H]3[C@@H](CO)N4C(=O)CN(C(=O)NC(C)C)C[C@@H]34)cc2)cc1. The number of nitrogens with one attached hydrogen (secondary N) is 1. The van der Waals surface area contributed by atoms with E-state index in [1.54, 1.807) is 9.80 Å². The van der Waals surface area contributed by atoms with E-state index in [2.05, 4.69) is 60.8 Å². The lowest BCUT2D eigenvalue weighted by atomic mass is 9.73. The first kappa shape index (κ1) is 20.4. The highest BCUT2D eigenvalue weighted by Gasteiger charge is 2.54. The van der Waals surface area contributed by atoms with Gasteiger partial charge in [0.25, 0.3) is 0 Å². The Morgan fingerprint density at radius 1 is 1.10 bits per heavy atom. The molecule has 158 valence electrons. The summed E-state index contributed by atoms with van der Waals surface area (Å²) in [5.41, 5.74) is 4.60. The van der Waals surface area contributed by atoms with E-state index in [4.69, 9.17) is 0 Å².